The van der Waals surface area contributed by atoms with E-state index in [1.165, 1.54) is 82.2 Å². The van der Waals surface area contributed by atoms with Crippen molar-refractivity contribution >= 4 is 59.8 Å². The minimum atomic E-state index is -0.602. The Kier molecular flexibility index (Phi) is 3.26. The molecular weight excluding hydrogens is 526 g/mol. The molecule has 196 valence electrons. The molecule has 1 atom stereocenters. The van der Waals surface area contributed by atoms with Gasteiger partial charge in [0.15, 0.2) is 17.5 Å². The number of ether oxygens (including phenoxy) is 1. The van der Waals surface area contributed by atoms with Gasteiger partial charge in [-0.15, -0.1) is 4.57 Å². The molecule has 4 aromatic heterocycles. The van der Waals surface area contributed by atoms with Crippen molar-refractivity contribution < 1.29 is 13.9 Å². The van der Waals surface area contributed by atoms with E-state index in [1.807, 2.05) is 0 Å². The molecule has 43 heavy (non-hydrogen) atoms. The van der Waals surface area contributed by atoms with Crippen molar-refractivity contribution in [2.24, 2.45) is 0 Å². The Morgan fingerprint density at radius 2 is 1.30 bits per heavy atom. The maximum Gasteiger partial charge on any atom is 0.426 e. The molecular formula is C39H21N3O+2. The van der Waals surface area contributed by atoms with Gasteiger partial charge < -0.3 is 9.14 Å². The summed E-state index contributed by atoms with van der Waals surface area (Å²) in [6, 6.07) is 44.4. The lowest BCUT2D eigenvalue weighted by Gasteiger charge is -2.24. The Balaban J connectivity index is 1.49. The van der Waals surface area contributed by atoms with E-state index < -0.39 is 5.66 Å². The quantitative estimate of drug-likeness (QED) is 0.139. The van der Waals surface area contributed by atoms with Gasteiger partial charge in [-0.25, -0.2) is 0 Å². The van der Waals surface area contributed by atoms with Crippen LogP contribution in [0.5, 0.6) is 11.6 Å². The fraction of sp³-hybridized carbons (Fsp3) is 0.0256. The van der Waals surface area contributed by atoms with Crippen LogP contribution in [0.25, 0.3) is 71.0 Å². The molecule has 0 N–H and O–H groups in total. The van der Waals surface area contributed by atoms with Crippen LogP contribution in [-0.2, 0) is 5.66 Å². The summed E-state index contributed by atoms with van der Waals surface area (Å²) in [6.07, 6.45) is 2.26. The number of para-hydroxylation sites is 1. The highest BCUT2D eigenvalue weighted by atomic mass is 16.5. The van der Waals surface area contributed by atoms with E-state index in [0.29, 0.717) is 0 Å². The number of benzene rings is 5. The number of aromatic nitrogens is 3. The Morgan fingerprint density at radius 1 is 0.558 bits per heavy atom. The van der Waals surface area contributed by atoms with Crippen LogP contribution in [0.4, 0.5) is 0 Å². The highest BCUT2D eigenvalue weighted by molar-refractivity contribution is 6.32. The number of pyridine rings is 3. The lowest BCUT2D eigenvalue weighted by atomic mass is 9.89. The summed E-state index contributed by atoms with van der Waals surface area (Å²) in [5, 5.41) is 8.92. The Bertz CT molecular complexity index is 2830. The van der Waals surface area contributed by atoms with Gasteiger partial charge in [-0.2, -0.15) is 0 Å². The molecule has 3 aliphatic rings. The fourth-order valence-corrected chi connectivity index (χ4v) is 9.00. The monoisotopic (exact) mass is 547 g/mol. The lowest BCUT2D eigenvalue weighted by molar-refractivity contribution is -0.952. The van der Waals surface area contributed by atoms with E-state index in [1.54, 1.807) is 0 Å². The molecule has 5 aromatic carbocycles. The first-order valence-corrected chi connectivity index (χ1v) is 14.9. The van der Waals surface area contributed by atoms with Gasteiger partial charge in [-0.3, -0.25) is 0 Å². The van der Waals surface area contributed by atoms with E-state index >= 15 is 0 Å². The van der Waals surface area contributed by atoms with Crippen molar-refractivity contribution in [3.63, 3.8) is 0 Å². The second kappa shape index (κ2) is 6.66. The van der Waals surface area contributed by atoms with Crippen LogP contribution >= 0.6 is 0 Å². The molecule has 0 fully saturated rings. The number of hydrogen-bond acceptors (Lipinski definition) is 1. The third-order valence-corrected chi connectivity index (χ3v) is 10.3. The van der Waals surface area contributed by atoms with Crippen LogP contribution in [0.15, 0.2) is 128 Å². The summed E-state index contributed by atoms with van der Waals surface area (Å²) in [7, 11) is 0. The van der Waals surface area contributed by atoms with Crippen LogP contribution in [0.1, 0.15) is 11.1 Å². The predicted molar refractivity (Wildman–Crippen MR) is 169 cm³/mol. The van der Waals surface area contributed by atoms with Gasteiger partial charge in [-0.05, 0) is 46.5 Å². The molecule has 1 spiro atoms. The molecule has 0 bridgehead atoms. The van der Waals surface area contributed by atoms with Gasteiger partial charge >= 0.3 is 11.5 Å². The SMILES string of the molecule is c1cc2c3c(c1)-c1cccc[n+]1C31c3c4ccccc4n4c3c3c(ccc([n+]31)O2)c1c2ccccc2c2ccccc2c14. The third-order valence-electron chi connectivity index (χ3n) is 10.3. The minimum absolute atomic E-state index is 0.602. The highest BCUT2D eigenvalue weighted by Gasteiger charge is 2.71. The van der Waals surface area contributed by atoms with E-state index in [2.05, 4.69) is 141 Å². The standard InChI is InChI=1S/C39H21N3O/c1-3-12-24-22(10-1)23-11-2-4-13-25(23)36-33(24)28-19-20-32-42-37(28)38-35(27-14-5-6-17-30(27)41(36)38)39(42)34-26(15-9-18-31(34)43-32)29-16-7-8-21-40(29)39/h1-21H/q+2. The summed E-state index contributed by atoms with van der Waals surface area (Å²) in [5.74, 6) is 1.80. The lowest BCUT2D eigenvalue weighted by Crippen LogP contribution is -2.72. The summed E-state index contributed by atoms with van der Waals surface area (Å²) in [5.41, 5.74) is 9.37. The Labute approximate surface area is 244 Å². The van der Waals surface area contributed by atoms with Crippen molar-refractivity contribution in [2.75, 3.05) is 0 Å². The molecule has 12 rings (SSSR count). The Morgan fingerprint density at radius 3 is 2.19 bits per heavy atom. The van der Waals surface area contributed by atoms with Crippen molar-refractivity contribution in [3.05, 3.63) is 139 Å². The van der Waals surface area contributed by atoms with E-state index in [4.69, 9.17) is 4.74 Å². The molecule has 3 aliphatic heterocycles. The van der Waals surface area contributed by atoms with Gasteiger partial charge in [0.25, 0.3) is 0 Å². The molecule has 7 heterocycles. The van der Waals surface area contributed by atoms with Crippen molar-refractivity contribution in [3.8, 4) is 22.9 Å². The number of fused-ring (bicyclic) bond motifs is 13. The third kappa shape index (κ3) is 2.02. The maximum absolute atomic E-state index is 6.80. The average Bonchev–Trinajstić information content (AvgIpc) is 3.69. The smallest absolute Gasteiger partial charge is 0.404 e. The van der Waals surface area contributed by atoms with E-state index in [0.717, 1.165) is 11.6 Å². The van der Waals surface area contributed by atoms with Crippen LogP contribution in [0.2, 0.25) is 0 Å². The van der Waals surface area contributed by atoms with Gasteiger partial charge in [0.1, 0.15) is 11.1 Å². The zero-order valence-electron chi connectivity index (χ0n) is 22.9. The van der Waals surface area contributed by atoms with E-state index in [-0.39, 0.29) is 0 Å². The van der Waals surface area contributed by atoms with Crippen molar-refractivity contribution in [1.29, 1.82) is 0 Å². The summed E-state index contributed by atoms with van der Waals surface area (Å²) < 4.78 is 14.4. The number of hydrogen-bond donors (Lipinski definition) is 0. The van der Waals surface area contributed by atoms with Gasteiger partial charge in [0.05, 0.1) is 28.0 Å². The molecule has 4 nitrogen and oxygen atoms in total. The molecule has 0 aliphatic carbocycles. The predicted octanol–water partition coefficient (Wildman–Crippen LogP) is 7.98. The summed E-state index contributed by atoms with van der Waals surface area (Å²) in [4.78, 5) is 0. The second-order valence-corrected chi connectivity index (χ2v) is 12.1. The topological polar surface area (TPSA) is 21.4 Å². The molecule has 4 heteroatoms. The summed E-state index contributed by atoms with van der Waals surface area (Å²) >= 11 is 0. The fourth-order valence-electron chi connectivity index (χ4n) is 9.00. The second-order valence-electron chi connectivity index (χ2n) is 12.1. The Hall–Kier alpha value is -5.74. The van der Waals surface area contributed by atoms with Crippen LogP contribution < -0.4 is 13.9 Å². The molecule has 0 saturated carbocycles. The number of nitrogens with zero attached hydrogens (tertiary/aromatic N) is 3. The van der Waals surface area contributed by atoms with Crippen LogP contribution in [0, 0.1) is 0 Å². The van der Waals surface area contributed by atoms with Crippen molar-refractivity contribution in [1.82, 2.24) is 4.40 Å². The summed E-state index contributed by atoms with van der Waals surface area (Å²) in [6.45, 7) is 0. The van der Waals surface area contributed by atoms with Gasteiger partial charge in [0.2, 0.25) is 11.2 Å². The molecule has 9 aromatic rings. The van der Waals surface area contributed by atoms with E-state index in [9.17, 15) is 0 Å². The molecule has 0 radical (unpaired) electrons. The normalized spacial score (nSPS) is 17.1. The first-order valence-electron chi connectivity index (χ1n) is 14.9. The largest absolute Gasteiger partial charge is 0.426 e. The van der Waals surface area contributed by atoms with Gasteiger partial charge in [-0.1, -0.05) is 77.4 Å². The highest BCUT2D eigenvalue weighted by Crippen LogP contribution is 2.57. The van der Waals surface area contributed by atoms with Crippen LogP contribution in [0.3, 0.4) is 0 Å². The molecule has 0 amide bonds. The van der Waals surface area contributed by atoms with Crippen molar-refractivity contribution in [2.45, 2.75) is 5.66 Å². The molecule has 1 unspecified atom stereocenters. The first kappa shape index (κ1) is 21.0. The minimum Gasteiger partial charge on any atom is -0.404 e. The number of rotatable bonds is 0. The first-order chi connectivity index (χ1) is 21.4. The molecule has 0 saturated heterocycles. The zero-order chi connectivity index (χ0) is 27.6. The van der Waals surface area contributed by atoms with Crippen LogP contribution in [-0.4, -0.2) is 4.40 Å². The average molecular weight is 548 g/mol. The maximum atomic E-state index is 6.80. The van der Waals surface area contributed by atoms with Gasteiger partial charge in [0, 0.05) is 28.3 Å². The zero-order valence-corrected chi connectivity index (χ0v) is 22.9.